The molecule has 0 radical (unpaired) electrons. The summed E-state index contributed by atoms with van der Waals surface area (Å²) in [5.74, 6) is 1.35. The van der Waals surface area contributed by atoms with Gasteiger partial charge in [0, 0.05) is 42.7 Å². The van der Waals surface area contributed by atoms with Crippen LogP contribution in [0.15, 0.2) is 37.1 Å². The molecule has 2 unspecified atom stereocenters. The van der Waals surface area contributed by atoms with Gasteiger partial charge in [0.15, 0.2) is 0 Å². The molecule has 0 spiro atoms. The van der Waals surface area contributed by atoms with Crippen LogP contribution in [-0.4, -0.2) is 38.3 Å². The van der Waals surface area contributed by atoms with Crippen molar-refractivity contribution in [3.63, 3.8) is 0 Å². The van der Waals surface area contributed by atoms with Crippen LogP contribution in [0.5, 0.6) is 0 Å². The van der Waals surface area contributed by atoms with Crippen LogP contribution in [0.25, 0.3) is 5.70 Å². The number of hydrogen-bond donors (Lipinski definition) is 2. The van der Waals surface area contributed by atoms with Gasteiger partial charge in [-0.15, -0.1) is 0 Å². The highest BCUT2D eigenvalue weighted by Gasteiger charge is 2.25. The van der Waals surface area contributed by atoms with Gasteiger partial charge in [-0.05, 0) is 24.3 Å². The maximum absolute atomic E-state index is 11.1. The molecule has 1 aromatic rings. The number of hydrogen-bond acceptors (Lipinski definition) is 3. The third-order valence-electron chi connectivity index (χ3n) is 5.05. The predicted molar refractivity (Wildman–Crippen MR) is 114 cm³/mol. The van der Waals surface area contributed by atoms with Gasteiger partial charge in [0.2, 0.25) is 5.91 Å². The fraction of sp³-hybridized carbons (Fsp3) is 0.476. The number of carbonyl (C=O) groups excluding carboxylic acids is 1. The van der Waals surface area contributed by atoms with Crippen molar-refractivity contribution < 1.29 is 4.79 Å². The number of nitrogens with one attached hydrogen (secondary N) is 2. The van der Waals surface area contributed by atoms with Gasteiger partial charge in [0.1, 0.15) is 7.85 Å². The topological polar surface area (TPSA) is 44.4 Å². The van der Waals surface area contributed by atoms with Crippen molar-refractivity contribution in [3.8, 4) is 0 Å². The minimum absolute atomic E-state index is 0.0607. The standard InChI is InChI=1S/C21H32BN3O/c1-6-18-9-14(2)12-25(13-18)16(4)20-10-19(22)7-8-21(20)24-15(3)11-23-17(5)26/h7-8,10,14,18,24H,3-4,6,9,11-13,22H2,1-2,5H3,(H,23,26). The van der Waals surface area contributed by atoms with Crippen molar-refractivity contribution in [1.82, 2.24) is 10.2 Å². The Morgan fingerprint density at radius 2 is 2.08 bits per heavy atom. The van der Waals surface area contributed by atoms with E-state index in [1.807, 2.05) is 0 Å². The van der Waals surface area contributed by atoms with Crippen LogP contribution in [0.1, 0.15) is 39.2 Å². The lowest BCUT2D eigenvalue weighted by molar-refractivity contribution is -0.118. The number of likely N-dealkylation sites (tertiary alicyclic amines) is 1. The van der Waals surface area contributed by atoms with Gasteiger partial charge in [-0.2, -0.15) is 0 Å². The molecular weight excluding hydrogens is 321 g/mol. The summed E-state index contributed by atoms with van der Waals surface area (Å²) in [6.45, 7) is 17.1. The van der Waals surface area contributed by atoms with Crippen molar-refractivity contribution in [3.05, 3.63) is 42.6 Å². The highest BCUT2D eigenvalue weighted by Crippen LogP contribution is 2.32. The normalized spacial score (nSPS) is 19.7. The van der Waals surface area contributed by atoms with Crippen molar-refractivity contribution in [2.45, 2.75) is 33.6 Å². The minimum atomic E-state index is -0.0607. The van der Waals surface area contributed by atoms with E-state index in [0.717, 1.165) is 41.7 Å². The highest BCUT2D eigenvalue weighted by molar-refractivity contribution is 6.32. The first-order chi connectivity index (χ1) is 12.3. The van der Waals surface area contributed by atoms with Gasteiger partial charge < -0.3 is 15.5 Å². The Kier molecular flexibility index (Phi) is 6.95. The average Bonchev–Trinajstić information content (AvgIpc) is 2.60. The number of benzene rings is 1. The Morgan fingerprint density at radius 3 is 2.73 bits per heavy atom. The van der Waals surface area contributed by atoms with E-state index in [4.69, 9.17) is 0 Å². The molecule has 1 fully saturated rings. The number of nitrogens with zero attached hydrogens (tertiary/aromatic N) is 1. The van der Waals surface area contributed by atoms with E-state index in [1.165, 1.54) is 25.2 Å². The van der Waals surface area contributed by atoms with E-state index in [0.29, 0.717) is 12.5 Å². The molecule has 1 aromatic carbocycles. The SMILES string of the molecule is Bc1ccc(NC(=C)CNC(C)=O)c(C(=C)N2CC(C)CC(CC)C2)c1. The zero-order valence-electron chi connectivity index (χ0n) is 16.7. The molecule has 1 aliphatic rings. The highest BCUT2D eigenvalue weighted by atomic mass is 16.1. The number of amides is 1. The number of carbonyl (C=O) groups is 1. The molecule has 1 amide bonds. The summed E-state index contributed by atoms with van der Waals surface area (Å²) in [5, 5.41) is 6.13. The first-order valence-corrected chi connectivity index (χ1v) is 9.54. The van der Waals surface area contributed by atoms with Crippen molar-refractivity contribution in [2.75, 3.05) is 25.0 Å². The summed E-state index contributed by atoms with van der Waals surface area (Å²) >= 11 is 0. The molecule has 26 heavy (non-hydrogen) atoms. The van der Waals surface area contributed by atoms with E-state index in [-0.39, 0.29) is 5.91 Å². The summed E-state index contributed by atoms with van der Waals surface area (Å²) in [5.41, 5.74) is 5.13. The first kappa shape index (κ1) is 20.2. The molecule has 1 heterocycles. The molecule has 1 aliphatic heterocycles. The maximum Gasteiger partial charge on any atom is 0.217 e. The molecule has 2 N–H and O–H groups in total. The summed E-state index contributed by atoms with van der Waals surface area (Å²) in [7, 11) is 2.10. The van der Waals surface area contributed by atoms with Crippen molar-refractivity contribution >= 4 is 30.6 Å². The largest absolute Gasteiger partial charge is 0.371 e. The van der Waals surface area contributed by atoms with E-state index in [9.17, 15) is 4.79 Å². The molecule has 0 saturated carbocycles. The lowest BCUT2D eigenvalue weighted by Crippen LogP contribution is -2.38. The van der Waals surface area contributed by atoms with Crippen LogP contribution >= 0.6 is 0 Å². The third kappa shape index (κ3) is 5.42. The molecule has 4 nitrogen and oxygen atoms in total. The molecular formula is C21H32BN3O. The quantitative estimate of drug-likeness (QED) is 0.740. The summed E-state index contributed by atoms with van der Waals surface area (Å²) in [4.78, 5) is 13.5. The van der Waals surface area contributed by atoms with E-state index in [2.05, 4.69) is 68.6 Å². The van der Waals surface area contributed by atoms with Gasteiger partial charge in [0.25, 0.3) is 0 Å². The van der Waals surface area contributed by atoms with Crippen LogP contribution in [-0.2, 0) is 4.79 Å². The monoisotopic (exact) mass is 353 g/mol. The van der Waals surface area contributed by atoms with Crippen LogP contribution in [0.4, 0.5) is 5.69 Å². The Hall–Kier alpha value is -2.17. The van der Waals surface area contributed by atoms with Gasteiger partial charge >= 0.3 is 0 Å². The predicted octanol–water partition coefficient (Wildman–Crippen LogP) is 2.35. The van der Waals surface area contributed by atoms with E-state index in [1.54, 1.807) is 0 Å². The fourth-order valence-electron chi connectivity index (χ4n) is 3.64. The fourth-order valence-corrected chi connectivity index (χ4v) is 3.64. The van der Waals surface area contributed by atoms with E-state index < -0.39 is 0 Å². The molecule has 1 saturated heterocycles. The third-order valence-corrected chi connectivity index (χ3v) is 5.05. The van der Waals surface area contributed by atoms with Crippen molar-refractivity contribution in [1.29, 1.82) is 0 Å². The van der Waals surface area contributed by atoms with Crippen LogP contribution in [0.2, 0.25) is 0 Å². The Balaban J connectivity index is 2.19. The lowest BCUT2D eigenvalue weighted by atomic mass is 9.87. The molecule has 0 aliphatic carbocycles. The number of piperidine rings is 1. The Labute approximate surface area is 159 Å². The van der Waals surface area contributed by atoms with Crippen LogP contribution < -0.4 is 16.1 Å². The van der Waals surface area contributed by atoms with Crippen molar-refractivity contribution in [2.24, 2.45) is 11.8 Å². The zero-order valence-corrected chi connectivity index (χ0v) is 16.7. The van der Waals surface area contributed by atoms with Crippen LogP contribution in [0, 0.1) is 11.8 Å². The summed E-state index contributed by atoms with van der Waals surface area (Å²) in [6.07, 6.45) is 2.51. The van der Waals surface area contributed by atoms with Gasteiger partial charge in [-0.25, -0.2) is 0 Å². The molecule has 2 rings (SSSR count). The van der Waals surface area contributed by atoms with Gasteiger partial charge in [0.05, 0.1) is 6.54 Å². The Morgan fingerprint density at radius 1 is 1.35 bits per heavy atom. The summed E-state index contributed by atoms with van der Waals surface area (Å²) < 4.78 is 0. The zero-order chi connectivity index (χ0) is 19.3. The van der Waals surface area contributed by atoms with E-state index >= 15 is 0 Å². The van der Waals surface area contributed by atoms with Crippen LogP contribution in [0.3, 0.4) is 0 Å². The molecule has 0 aromatic heterocycles. The minimum Gasteiger partial charge on any atom is -0.371 e. The first-order valence-electron chi connectivity index (χ1n) is 9.54. The number of anilines is 1. The number of rotatable bonds is 7. The molecule has 140 valence electrons. The van der Waals surface area contributed by atoms with Gasteiger partial charge in [-0.1, -0.05) is 51.0 Å². The average molecular weight is 353 g/mol. The lowest BCUT2D eigenvalue weighted by Gasteiger charge is -2.39. The van der Waals surface area contributed by atoms with Gasteiger partial charge in [-0.3, -0.25) is 4.79 Å². The second-order valence-corrected chi connectivity index (χ2v) is 7.65. The molecule has 0 bridgehead atoms. The second kappa shape index (κ2) is 8.97. The Bertz CT molecular complexity index is 686. The summed E-state index contributed by atoms with van der Waals surface area (Å²) in [6, 6.07) is 6.33. The molecule has 5 heteroatoms. The maximum atomic E-state index is 11.1. The molecule has 2 atom stereocenters. The smallest absolute Gasteiger partial charge is 0.217 e. The second-order valence-electron chi connectivity index (χ2n) is 7.65.